The normalized spacial score (nSPS) is 22.8. The van der Waals surface area contributed by atoms with Crippen LogP contribution in [0.25, 0.3) is 0 Å². The van der Waals surface area contributed by atoms with Crippen molar-refractivity contribution < 1.29 is 9.35 Å². The van der Waals surface area contributed by atoms with E-state index in [4.69, 9.17) is 5.73 Å². The second-order valence-corrected chi connectivity index (χ2v) is 6.72. The highest BCUT2D eigenvalue weighted by Crippen LogP contribution is 2.17. The lowest BCUT2D eigenvalue weighted by Gasteiger charge is -2.27. The predicted molar refractivity (Wildman–Crippen MR) is 65.9 cm³/mol. The molecule has 3 N–H and O–H groups in total. The van der Waals surface area contributed by atoms with E-state index in [1.807, 2.05) is 26.8 Å². The van der Waals surface area contributed by atoms with Crippen molar-refractivity contribution >= 4 is 17.3 Å². The number of amides is 1. The molecule has 1 rings (SSSR count). The van der Waals surface area contributed by atoms with Crippen LogP contribution in [0.5, 0.6) is 0 Å². The summed E-state index contributed by atoms with van der Waals surface area (Å²) < 4.78 is 14.5. The Kier molecular flexibility index (Phi) is 4.18. The fourth-order valence-corrected chi connectivity index (χ4v) is 2.01. The number of carbonyl (C=O) groups excluding carboxylic acids is 1. The fraction of sp³-hybridized carbons (Fsp3) is 0.545. The van der Waals surface area contributed by atoms with Crippen molar-refractivity contribution in [3.8, 4) is 0 Å². The maximum Gasteiger partial charge on any atom is 0.248 e. The standard InChI is InChI=1S/C11H18N2O2S/c1-11(2,3)16(15)13-9-6-4-8(5-7-9)10(12)14/h4-6,9,13H,7H2,1-3H3,(H2,12,14). The first-order valence-corrected chi connectivity index (χ1v) is 6.32. The van der Waals surface area contributed by atoms with Crippen LogP contribution in [0.3, 0.4) is 0 Å². The van der Waals surface area contributed by atoms with Gasteiger partial charge in [-0.1, -0.05) is 18.2 Å². The van der Waals surface area contributed by atoms with Gasteiger partial charge in [0.1, 0.15) is 4.75 Å². The summed E-state index contributed by atoms with van der Waals surface area (Å²) in [6.07, 6.45) is 5.89. The lowest BCUT2D eigenvalue weighted by Crippen LogP contribution is -2.44. The molecule has 1 amide bonds. The van der Waals surface area contributed by atoms with E-state index in [1.54, 1.807) is 12.2 Å². The quantitative estimate of drug-likeness (QED) is 0.718. The summed E-state index contributed by atoms with van der Waals surface area (Å²) in [5.41, 5.74) is 5.66. The van der Waals surface area contributed by atoms with E-state index in [0.717, 1.165) is 0 Å². The number of rotatable bonds is 3. The van der Waals surface area contributed by atoms with Crippen molar-refractivity contribution in [1.82, 2.24) is 4.72 Å². The zero-order chi connectivity index (χ0) is 12.3. The molecule has 1 aliphatic carbocycles. The molecular weight excluding hydrogens is 224 g/mol. The molecule has 16 heavy (non-hydrogen) atoms. The van der Waals surface area contributed by atoms with Crippen LogP contribution in [0.2, 0.25) is 0 Å². The maximum atomic E-state index is 11.8. The Bertz CT molecular complexity index is 331. The summed E-state index contributed by atoms with van der Waals surface area (Å²) in [4.78, 5) is 10.9. The van der Waals surface area contributed by atoms with Gasteiger partial charge in [-0.3, -0.25) is 4.79 Å². The van der Waals surface area contributed by atoms with Crippen molar-refractivity contribution in [2.24, 2.45) is 5.73 Å². The SMILES string of the molecule is CC(C)(C)[S+]([O-])NC1C=CC(C(N)=O)=CC1. The van der Waals surface area contributed by atoms with Gasteiger partial charge in [0, 0.05) is 16.9 Å². The molecule has 0 aromatic rings. The minimum Gasteiger partial charge on any atom is -0.598 e. The third-order valence-corrected chi connectivity index (χ3v) is 3.83. The Morgan fingerprint density at radius 1 is 1.62 bits per heavy atom. The average molecular weight is 242 g/mol. The first-order valence-electron chi connectivity index (χ1n) is 5.17. The molecule has 0 aromatic heterocycles. The summed E-state index contributed by atoms with van der Waals surface area (Å²) in [6.45, 7) is 5.73. The number of nitrogens with one attached hydrogen (secondary N) is 1. The largest absolute Gasteiger partial charge is 0.598 e. The molecule has 0 radical (unpaired) electrons. The van der Waals surface area contributed by atoms with E-state index in [1.165, 1.54) is 0 Å². The van der Waals surface area contributed by atoms with Gasteiger partial charge in [-0.05, 0) is 27.2 Å². The molecule has 5 heteroatoms. The highest BCUT2D eigenvalue weighted by molar-refractivity contribution is 7.90. The average Bonchev–Trinajstić information content (AvgIpc) is 2.17. The number of nitrogens with two attached hydrogens (primary N) is 1. The molecular formula is C11H18N2O2S. The summed E-state index contributed by atoms with van der Waals surface area (Å²) in [6, 6.07) is 0.00292. The van der Waals surface area contributed by atoms with Gasteiger partial charge in [0.15, 0.2) is 0 Å². The fourth-order valence-electron chi connectivity index (χ4n) is 1.20. The second kappa shape index (κ2) is 5.03. The first kappa shape index (κ1) is 13.3. The lowest BCUT2D eigenvalue weighted by molar-refractivity contribution is -0.114. The predicted octanol–water partition coefficient (Wildman–Crippen LogP) is 0.778. The molecule has 0 spiro atoms. The third kappa shape index (κ3) is 3.66. The summed E-state index contributed by atoms with van der Waals surface area (Å²) >= 11 is -1.10. The Morgan fingerprint density at radius 2 is 2.25 bits per heavy atom. The molecule has 90 valence electrons. The Hall–Kier alpha value is -0.780. The first-order chi connectivity index (χ1) is 7.30. The molecule has 0 aliphatic heterocycles. The van der Waals surface area contributed by atoms with E-state index in [9.17, 15) is 9.35 Å². The monoisotopic (exact) mass is 242 g/mol. The van der Waals surface area contributed by atoms with Crippen LogP contribution < -0.4 is 10.5 Å². The highest BCUT2D eigenvalue weighted by atomic mass is 32.2. The third-order valence-electron chi connectivity index (χ3n) is 2.20. The van der Waals surface area contributed by atoms with Crippen LogP contribution in [0, 0.1) is 0 Å². The van der Waals surface area contributed by atoms with Crippen LogP contribution >= 0.6 is 0 Å². The van der Waals surface area contributed by atoms with Crippen molar-refractivity contribution in [1.29, 1.82) is 0 Å². The van der Waals surface area contributed by atoms with Gasteiger partial charge in [0.2, 0.25) is 5.91 Å². The van der Waals surface area contributed by atoms with Gasteiger partial charge in [-0.2, -0.15) is 0 Å². The van der Waals surface area contributed by atoms with Crippen molar-refractivity contribution in [2.45, 2.75) is 38.0 Å². The summed E-state index contributed by atoms with van der Waals surface area (Å²) in [5, 5.41) is 0. The van der Waals surface area contributed by atoms with Gasteiger partial charge < -0.3 is 10.3 Å². The number of hydrogen-bond donors (Lipinski definition) is 2. The van der Waals surface area contributed by atoms with Crippen LogP contribution in [0.1, 0.15) is 27.2 Å². The highest BCUT2D eigenvalue weighted by Gasteiger charge is 2.28. The van der Waals surface area contributed by atoms with Crippen LogP contribution in [0.4, 0.5) is 0 Å². The molecule has 0 aromatic carbocycles. The van der Waals surface area contributed by atoms with Gasteiger partial charge >= 0.3 is 0 Å². The van der Waals surface area contributed by atoms with E-state index in [0.29, 0.717) is 12.0 Å². The van der Waals surface area contributed by atoms with Gasteiger partial charge in [0.25, 0.3) is 0 Å². The molecule has 0 fully saturated rings. The molecule has 0 heterocycles. The van der Waals surface area contributed by atoms with Crippen molar-refractivity contribution in [3.63, 3.8) is 0 Å². The number of carbonyl (C=O) groups is 1. The minimum atomic E-state index is -1.10. The van der Waals surface area contributed by atoms with Crippen LogP contribution in [-0.4, -0.2) is 21.2 Å². The molecule has 1 aliphatic rings. The zero-order valence-corrected chi connectivity index (χ0v) is 10.6. The second-order valence-electron chi connectivity index (χ2n) is 4.72. The lowest BCUT2D eigenvalue weighted by atomic mass is 10.0. The maximum absolute atomic E-state index is 11.8. The molecule has 0 saturated carbocycles. The molecule has 0 bridgehead atoms. The Balaban J connectivity index is 2.51. The number of hydrogen-bond acceptors (Lipinski definition) is 3. The van der Waals surface area contributed by atoms with Gasteiger partial charge in [-0.25, -0.2) is 0 Å². The Labute approximate surface area is 99.3 Å². The topological polar surface area (TPSA) is 78.2 Å². The van der Waals surface area contributed by atoms with Crippen molar-refractivity contribution in [3.05, 3.63) is 23.8 Å². The molecule has 2 atom stereocenters. The van der Waals surface area contributed by atoms with E-state index in [2.05, 4.69) is 4.72 Å². The van der Waals surface area contributed by atoms with E-state index in [-0.39, 0.29) is 10.8 Å². The van der Waals surface area contributed by atoms with E-state index >= 15 is 0 Å². The minimum absolute atomic E-state index is 0.00292. The van der Waals surface area contributed by atoms with Crippen LogP contribution in [-0.2, 0) is 16.2 Å². The molecule has 0 saturated heterocycles. The summed E-state index contributed by atoms with van der Waals surface area (Å²) in [7, 11) is 0. The number of primary amides is 1. The van der Waals surface area contributed by atoms with Gasteiger partial charge in [-0.15, -0.1) is 4.72 Å². The zero-order valence-electron chi connectivity index (χ0n) is 9.82. The smallest absolute Gasteiger partial charge is 0.248 e. The van der Waals surface area contributed by atoms with Gasteiger partial charge in [0.05, 0.1) is 6.04 Å². The van der Waals surface area contributed by atoms with Crippen molar-refractivity contribution in [2.75, 3.05) is 0 Å². The Morgan fingerprint density at radius 3 is 2.62 bits per heavy atom. The molecule has 2 unspecified atom stereocenters. The molecule has 4 nitrogen and oxygen atoms in total. The van der Waals surface area contributed by atoms with Crippen LogP contribution in [0.15, 0.2) is 23.8 Å². The van der Waals surface area contributed by atoms with E-state index < -0.39 is 17.3 Å². The summed E-state index contributed by atoms with van der Waals surface area (Å²) in [5.74, 6) is -0.424.